The van der Waals surface area contributed by atoms with Gasteiger partial charge >= 0.3 is 6.09 Å². The van der Waals surface area contributed by atoms with Crippen molar-refractivity contribution in [3.05, 3.63) is 54.4 Å². The fourth-order valence-corrected chi connectivity index (χ4v) is 3.81. The van der Waals surface area contributed by atoms with E-state index in [0.29, 0.717) is 22.5 Å². The number of halogens is 1. The Morgan fingerprint density at radius 3 is 2.79 bits per heavy atom. The fraction of sp³-hybridized carbons (Fsp3) is 0.238. The zero-order valence-corrected chi connectivity index (χ0v) is 18.1. The van der Waals surface area contributed by atoms with Crippen LogP contribution >= 0.6 is 0 Å². The predicted molar refractivity (Wildman–Crippen MR) is 119 cm³/mol. The maximum Gasteiger partial charge on any atom is 0.407 e. The average Bonchev–Trinajstić information content (AvgIpc) is 3.41. The summed E-state index contributed by atoms with van der Waals surface area (Å²) in [7, 11) is 1.80. The van der Waals surface area contributed by atoms with Crippen LogP contribution in [-0.2, 0) is 18.4 Å². The van der Waals surface area contributed by atoms with Gasteiger partial charge in [-0.25, -0.2) is 18.9 Å². The summed E-state index contributed by atoms with van der Waals surface area (Å²) in [5, 5.41) is 21.3. The van der Waals surface area contributed by atoms with Crippen LogP contribution in [0.2, 0.25) is 0 Å². The molecule has 0 spiro atoms. The summed E-state index contributed by atoms with van der Waals surface area (Å²) in [6, 6.07) is 4.77. The van der Waals surface area contributed by atoms with Gasteiger partial charge in [-0.1, -0.05) is 12.1 Å². The van der Waals surface area contributed by atoms with Crippen LogP contribution in [0.3, 0.4) is 0 Å². The van der Waals surface area contributed by atoms with Crippen LogP contribution in [0.4, 0.5) is 26.5 Å². The first-order valence-electron chi connectivity index (χ1n) is 10.4. The maximum atomic E-state index is 15.4. The summed E-state index contributed by atoms with van der Waals surface area (Å²) in [6.45, 7) is -0.0484. The number of carboxylic acid groups (broad SMARTS) is 1. The number of aryl methyl sites for hydroxylation is 1. The van der Waals surface area contributed by atoms with Crippen molar-refractivity contribution in [2.24, 2.45) is 7.05 Å². The number of aromatic nitrogens is 6. The van der Waals surface area contributed by atoms with Gasteiger partial charge in [0, 0.05) is 38.1 Å². The number of piperazine rings is 1. The molecule has 34 heavy (non-hydrogen) atoms. The molecule has 2 N–H and O–H groups in total. The molecule has 0 saturated carbocycles. The summed E-state index contributed by atoms with van der Waals surface area (Å²) < 4.78 is 18.6. The molecule has 1 aromatic carbocycles. The number of benzene rings is 1. The minimum Gasteiger partial charge on any atom is -0.465 e. The molecule has 0 atom stereocenters. The predicted octanol–water partition coefficient (Wildman–Crippen LogP) is 1.82. The quantitative estimate of drug-likeness (QED) is 0.456. The van der Waals surface area contributed by atoms with Crippen molar-refractivity contribution in [2.45, 2.75) is 6.54 Å². The second kappa shape index (κ2) is 8.42. The van der Waals surface area contributed by atoms with Gasteiger partial charge in [-0.15, -0.1) is 0 Å². The summed E-state index contributed by atoms with van der Waals surface area (Å²) >= 11 is 0. The Balaban J connectivity index is 1.40. The number of nitrogens with zero attached hydrogens (tertiary/aromatic N) is 8. The zero-order valence-electron chi connectivity index (χ0n) is 18.1. The Labute approximate surface area is 192 Å². The van der Waals surface area contributed by atoms with E-state index in [0.717, 1.165) is 10.6 Å². The fourth-order valence-electron chi connectivity index (χ4n) is 3.81. The lowest BCUT2D eigenvalue weighted by Crippen LogP contribution is -2.52. The molecular weight excluding hydrogens is 445 g/mol. The van der Waals surface area contributed by atoms with Gasteiger partial charge in [-0.05, 0) is 6.07 Å². The van der Waals surface area contributed by atoms with E-state index in [1.54, 1.807) is 53.3 Å². The standard InChI is InChI=1S/C21H20FN9O3/c1-28-11-15(9-24-28)26-20-23-7-14-8-25-31(19(14)27-20)10-13-3-2-4-16(18(13)22)30-6-5-29(21(33)34)12-17(30)32/h2-4,7-9,11H,5-6,10,12H2,1H3,(H,33,34)(H,23,26,27). The Morgan fingerprint density at radius 1 is 1.21 bits per heavy atom. The zero-order chi connectivity index (χ0) is 23.8. The molecule has 12 nitrogen and oxygen atoms in total. The Bertz CT molecular complexity index is 1400. The lowest BCUT2D eigenvalue weighted by atomic mass is 10.1. The van der Waals surface area contributed by atoms with Crippen LogP contribution in [0.15, 0.2) is 43.0 Å². The molecule has 174 valence electrons. The summed E-state index contributed by atoms with van der Waals surface area (Å²) in [6.07, 6.45) is 5.47. The molecule has 0 bridgehead atoms. The van der Waals surface area contributed by atoms with E-state index in [1.165, 1.54) is 11.0 Å². The number of rotatable bonds is 5. The molecule has 0 unspecified atom stereocenters. The van der Waals surface area contributed by atoms with E-state index in [2.05, 4.69) is 25.5 Å². The second-order valence-electron chi connectivity index (χ2n) is 7.80. The number of hydrogen-bond acceptors (Lipinski definition) is 7. The molecule has 2 amide bonds. The molecule has 1 aliphatic rings. The molecular formula is C21H20FN9O3. The first-order chi connectivity index (χ1) is 16.4. The van der Waals surface area contributed by atoms with E-state index < -0.39 is 17.8 Å². The van der Waals surface area contributed by atoms with Crippen molar-refractivity contribution >= 4 is 40.4 Å². The van der Waals surface area contributed by atoms with Crippen LogP contribution in [-0.4, -0.2) is 71.2 Å². The third-order valence-corrected chi connectivity index (χ3v) is 5.50. The number of nitrogens with one attached hydrogen (secondary N) is 1. The first-order valence-corrected chi connectivity index (χ1v) is 10.4. The van der Waals surface area contributed by atoms with Gasteiger partial charge in [0.25, 0.3) is 0 Å². The van der Waals surface area contributed by atoms with E-state index in [4.69, 9.17) is 5.11 Å². The topological polar surface area (TPSA) is 134 Å². The highest BCUT2D eigenvalue weighted by Crippen LogP contribution is 2.26. The number of hydrogen-bond donors (Lipinski definition) is 2. The van der Waals surface area contributed by atoms with Crippen LogP contribution < -0.4 is 10.2 Å². The van der Waals surface area contributed by atoms with E-state index >= 15 is 4.39 Å². The van der Waals surface area contributed by atoms with Crippen molar-refractivity contribution in [3.63, 3.8) is 0 Å². The largest absolute Gasteiger partial charge is 0.465 e. The van der Waals surface area contributed by atoms with Crippen LogP contribution in [0.1, 0.15) is 5.56 Å². The minimum absolute atomic E-state index is 0.0762. The number of carbonyl (C=O) groups is 2. The van der Waals surface area contributed by atoms with Crippen molar-refractivity contribution in [1.29, 1.82) is 0 Å². The molecule has 5 rings (SSSR count). The minimum atomic E-state index is -1.17. The smallest absolute Gasteiger partial charge is 0.407 e. The van der Waals surface area contributed by atoms with Crippen LogP contribution in [0.5, 0.6) is 0 Å². The Hall–Kier alpha value is -4.55. The summed E-state index contributed by atoms with van der Waals surface area (Å²) in [4.78, 5) is 34.7. The van der Waals surface area contributed by atoms with E-state index in [-0.39, 0.29) is 31.9 Å². The molecule has 4 aromatic rings. The number of amides is 2. The molecule has 4 heterocycles. The van der Waals surface area contributed by atoms with Gasteiger partial charge in [0.1, 0.15) is 6.54 Å². The molecule has 13 heteroatoms. The van der Waals surface area contributed by atoms with Crippen molar-refractivity contribution in [3.8, 4) is 0 Å². The molecule has 3 aromatic heterocycles. The molecule has 0 radical (unpaired) electrons. The average molecular weight is 465 g/mol. The first kappa shape index (κ1) is 21.3. The monoisotopic (exact) mass is 465 g/mol. The third-order valence-electron chi connectivity index (χ3n) is 5.50. The van der Waals surface area contributed by atoms with Gasteiger partial charge in [0.2, 0.25) is 11.9 Å². The van der Waals surface area contributed by atoms with Gasteiger partial charge < -0.3 is 15.3 Å². The van der Waals surface area contributed by atoms with Crippen LogP contribution in [0, 0.1) is 5.82 Å². The normalized spacial score (nSPS) is 14.1. The molecule has 1 aliphatic heterocycles. The number of fused-ring (bicyclic) bond motifs is 1. The number of anilines is 3. The highest BCUT2D eigenvalue weighted by Gasteiger charge is 2.29. The molecule has 0 aliphatic carbocycles. The SMILES string of the molecule is Cn1cc(Nc2ncc3cnn(Cc4cccc(N5CCN(C(=O)O)CC5=O)c4F)c3n2)cn1. The third kappa shape index (κ3) is 3.98. The summed E-state index contributed by atoms with van der Waals surface area (Å²) in [5.41, 5.74) is 1.66. The Kier molecular flexibility index (Phi) is 5.28. The molecule has 1 fully saturated rings. The highest BCUT2D eigenvalue weighted by molar-refractivity contribution is 5.97. The van der Waals surface area contributed by atoms with Gasteiger partial charge in [-0.3, -0.25) is 14.4 Å². The van der Waals surface area contributed by atoms with Crippen molar-refractivity contribution < 1.29 is 19.1 Å². The van der Waals surface area contributed by atoms with Gasteiger partial charge in [-0.2, -0.15) is 15.2 Å². The van der Waals surface area contributed by atoms with Gasteiger partial charge in [0.15, 0.2) is 11.5 Å². The highest BCUT2D eigenvalue weighted by atomic mass is 19.1. The van der Waals surface area contributed by atoms with Crippen molar-refractivity contribution in [2.75, 3.05) is 29.9 Å². The lowest BCUT2D eigenvalue weighted by molar-refractivity contribution is -0.120. The van der Waals surface area contributed by atoms with Gasteiger partial charge in [0.05, 0.1) is 35.7 Å². The lowest BCUT2D eigenvalue weighted by Gasteiger charge is -2.33. The maximum absolute atomic E-state index is 15.4. The summed E-state index contributed by atoms with van der Waals surface area (Å²) in [5.74, 6) is -0.697. The van der Waals surface area contributed by atoms with E-state index in [9.17, 15) is 9.59 Å². The second-order valence-corrected chi connectivity index (χ2v) is 7.80. The van der Waals surface area contributed by atoms with Crippen LogP contribution in [0.25, 0.3) is 11.0 Å². The van der Waals surface area contributed by atoms with E-state index in [1.807, 2.05) is 0 Å². The Morgan fingerprint density at radius 2 is 2.06 bits per heavy atom. The molecule has 1 saturated heterocycles. The number of carbonyl (C=O) groups excluding carboxylic acids is 1. The van der Waals surface area contributed by atoms with Crippen molar-refractivity contribution in [1.82, 2.24) is 34.4 Å².